The third kappa shape index (κ3) is 3.44. The molecule has 0 amide bonds. The van der Waals surface area contributed by atoms with Gasteiger partial charge in [-0.2, -0.15) is 0 Å². The average Bonchev–Trinajstić information content (AvgIpc) is 3.34. The molecule has 5 rings (SSSR count). The SMILES string of the molecule is Nc1c(C(=O)OC2CCCCC2)c2nc3ccccc3nc2n1C[C@H]1CCCO1. The second kappa shape index (κ2) is 7.63. The Morgan fingerprint density at radius 2 is 1.86 bits per heavy atom. The number of rotatable bonds is 4. The Bertz CT molecular complexity index is 1050. The Balaban J connectivity index is 1.59. The molecule has 2 aromatic heterocycles. The molecule has 2 fully saturated rings. The topological polar surface area (TPSA) is 92.3 Å². The van der Waals surface area contributed by atoms with Crippen molar-refractivity contribution < 1.29 is 14.3 Å². The van der Waals surface area contributed by atoms with Crippen LogP contribution in [-0.2, 0) is 16.0 Å². The first-order chi connectivity index (χ1) is 14.2. The average molecular weight is 394 g/mol. The van der Waals surface area contributed by atoms with Crippen molar-refractivity contribution in [3.8, 4) is 0 Å². The van der Waals surface area contributed by atoms with Gasteiger partial charge in [0.15, 0.2) is 5.65 Å². The number of aromatic nitrogens is 3. The van der Waals surface area contributed by atoms with Crippen LogP contribution in [0.1, 0.15) is 55.3 Å². The summed E-state index contributed by atoms with van der Waals surface area (Å²) >= 11 is 0. The van der Waals surface area contributed by atoms with Crippen LogP contribution < -0.4 is 5.73 Å². The zero-order valence-electron chi connectivity index (χ0n) is 16.5. The van der Waals surface area contributed by atoms with Crippen molar-refractivity contribution in [2.75, 3.05) is 12.3 Å². The molecular weight excluding hydrogens is 368 g/mol. The van der Waals surface area contributed by atoms with Gasteiger partial charge in [0.2, 0.25) is 0 Å². The number of anilines is 1. The van der Waals surface area contributed by atoms with Crippen molar-refractivity contribution in [3.05, 3.63) is 29.8 Å². The predicted octanol–water partition coefficient (Wildman–Crippen LogP) is 3.84. The van der Waals surface area contributed by atoms with Gasteiger partial charge in [-0.1, -0.05) is 18.6 Å². The summed E-state index contributed by atoms with van der Waals surface area (Å²) < 4.78 is 13.5. The minimum Gasteiger partial charge on any atom is -0.459 e. The standard InChI is InChI=1S/C22H26N4O3/c23-20-18(22(27)29-14-7-2-1-3-8-14)19-21(26(20)13-15-9-6-12-28-15)25-17-11-5-4-10-16(17)24-19/h4-5,10-11,14-15H,1-3,6-9,12-13,23H2/t15-/m1/s1. The molecule has 29 heavy (non-hydrogen) atoms. The lowest BCUT2D eigenvalue weighted by Gasteiger charge is -2.21. The summed E-state index contributed by atoms with van der Waals surface area (Å²) in [4.78, 5) is 22.7. The van der Waals surface area contributed by atoms with Crippen molar-refractivity contribution in [3.63, 3.8) is 0 Å². The van der Waals surface area contributed by atoms with Gasteiger partial charge in [-0.05, 0) is 50.7 Å². The number of hydrogen-bond acceptors (Lipinski definition) is 6. The van der Waals surface area contributed by atoms with Crippen molar-refractivity contribution in [1.29, 1.82) is 0 Å². The van der Waals surface area contributed by atoms with Crippen LogP contribution in [0.15, 0.2) is 24.3 Å². The highest BCUT2D eigenvalue weighted by atomic mass is 16.5. The second-order valence-corrected chi connectivity index (χ2v) is 8.06. The molecule has 7 nitrogen and oxygen atoms in total. The Labute approximate surface area is 169 Å². The van der Waals surface area contributed by atoms with Crippen LogP contribution >= 0.6 is 0 Å². The molecule has 3 heterocycles. The maximum Gasteiger partial charge on any atom is 0.344 e. The van der Waals surface area contributed by atoms with Crippen LogP contribution in [0.2, 0.25) is 0 Å². The fourth-order valence-corrected chi connectivity index (χ4v) is 4.49. The zero-order valence-corrected chi connectivity index (χ0v) is 16.5. The molecule has 2 aliphatic rings. The Kier molecular flexibility index (Phi) is 4.83. The first-order valence-corrected chi connectivity index (χ1v) is 10.6. The number of hydrogen-bond donors (Lipinski definition) is 1. The predicted molar refractivity (Wildman–Crippen MR) is 111 cm³/mol. The first kappa shape index (κ1) is 18.4. The van der Waals surface area contributed by atoms with Crippen molar-refractivity contribution in [2.45, 2.75) is 63.7 Å². The van der Waals surface area contributed by atoms with Crippen molar-refractivity contribution in [1.82, 2.24) is 14.5 Å². The molecular formula is C22H26N4O3. The fraction of sp³-hybridized carbons (Fsp3) is 0.500. The van der Waals surface area contributed by atoms with Gasteiger partial charge in [-0.3, -0.25) is 0 Å². The highest BCUT2D eigenvalue weighted by Crippen LogP contribution is 2.31. The summed E-state index contributed by atoms with van der Waals surface area (Å²) in [6.07, 6.45) is 7.26. The zero-order chi connectivity index (χ0) is 19.8. The number of para-hydroxylation sites is 2. The van der Waals surface area contributed by atoms with Gasteiger partial charge in [0, 0.05) is 6.61 Å². The summed E-state index contributed by atoms with van der Waals surface area (Å²) in [6, 6.07) is 7.65. The summed E-state index contributed by atoms with van der Waals surface area (Å²) in [5, 5.41) is 0. The highest BCUT2D eigenvalue weighted by Gasteiger charge is 2.29. The quantitative estimate of drug-likeness (QED) is 0.676. The molecule has 152 valence electrons. The van der Waals surface area contributed by atoms with E-state index < -0.39 is 5.97 Å². The lowest BCUT2D eigenvalue weighted by molar-refractivity contribution is 0.0214. The second-order valence-electron chi connectivity index (χ2n) is 8.06. The van der Waals surface area contributed by atoms with Crippen LogP contribution in [0.3, 0.4) is 0 Å². The van der Waals surface area contributed by atoms with Crippen molar-refractivity contribution in [2.24, 2.45) is 0 Å². The minimum absolute atomic E-state index is 0.0411. The Hall–Kier alpha value is -2.67. The van der Waals surface area contributed by atoms with E-state index in [1.165, 1.54) is 6.42 Å². The molecule has 2 N–H and O–H groups in total. The van der Waals surface area contributed by atoms with Gasteiger partial charge in [0.1, 0.15) is 23.0 Å². The highest BCUT2D eigenvalue weighted by molar-refractivity contribution is 6.08. The summed E-state index contributed by atoms with van der Waals surface area (Å²) in [5.74, 6) is -0.0262. The molecule has 3 aromatic rings. The fourth-order valence-electron chi connectivity index (χ4n) is 4.49. The Morgan fingerprint density at radius 3 is 2.59 bits per heavy atom. The molecule has 0 unspecified atom stereocenters. The van der Waals surface area contributed by atoms with Gasteiger partial charge in [-0.25, -0.2) is 14.8 Å². The number of fused-ring (bicyclic) bond motifs is 2. The van der Waals surface area contributed by atoms with E-state index in [1.54, 1.807) is 0 Å². The van der Waals surface area contributed by atoms with E-state index in [0.717, 1.165) is 56.2 Å². The van der Waals surface area contributed by atoms with E-state index in [4.69, 9.17) is 25.2 Å². The monoisotopic (exact) mass is 394 g/mol. The van der Waals surface area contributed by atoms with E-state index in [2.05, 4.69) is 0 Å². The van der Waals surface area contributed by atoms with E-state index in [1.807, 2.05) is 28.8 Å². The molecule has 1 aliphatic carbocycles. The van der Waals surface area contributed by atoms with Crippen molar-refractivity contribution >= 4 is 34.0 Å². The molecule has 7 heteroatoms. The van der Waals surface area contributed by atoms with Crippen LogP contribution in [0.5, 0.6) is 0 Å². The molecule has 1 saturated heterocycles. The molecule has 1 saturated carbocycles. The number of carbonyl (C=O) groups excluding carboxylic acids is 1. The van der Waals surface area contributed by atoms with Gasteiger partial charge < -0.3 is 19.8 Å². The molecule has 1 aliphatic heterocycles. The number of nitrogens with two attached hydrogens (primary N) is 1. The minimum atomic E-state index is -0.393. The third-order valence-electron chi connectivity index (χ3n) is 6.03. The van der Waals surface area contributed by atoms with Crippen LogP contribution in [0.4, 0.5) is 5.82 Å². The van der Waals surface area contributed by atoms with E-state index in [0.29, 0.717) is 29.1 Å². The number of nitrogen functional groups attached to an aromatic ring is 1. The normalized spacial score (nSPS) is 20.5. The van der Waals surface area contributed by atoms with Gasteiger partial charge in [0.25, 0.3) is 0 Å². The van der Waals surface area contributed by atoms with E-state index in [9.17, 15) is 4.79 Å². The number of ether oxygens (including phenoxy) is 2. The number of benzene rings is 1. The Morgan fingerprint density at radius 1 is 1.10 bits per heavy atom. The van der Waals surface area contributed by atoms with Gasteiger partial charge in [0.05, 0.1) is 23.7 Å². The summed E-state index contributed by atoms with van der Waals surface area (Å²) in [5.41, 5.74) is 9.47. The van der Waals surface area contributed by atoms with E-state index >= 15 is 0 Å². The maximum atomic E-state index is 13.1. The molecule has 0 radical (unpaired) electrons. The van der Waals surface area contributed by atoms with Crippen LogP contribution in [-0.4, -0.2) is 39.3 Å². The molecule has 1 aromatic carbocycles. The van der Waals surface area contributed by atoms with Crippen LogP contribution in [0.25, 0.3) is 22.2 Å². The van der Waals surface area contributed by atoms with Crippen LogP contribution in [0, 0.1) is 0 Å². The lowest BCUT2D eigenvalue weighted by Crippen LogP contribution is -2.22. The lowest BCUT2D eigenvalue weighted by atomic mass is 9.98. The van der Waals surface area contributed by atoms with Gasteiger partial charge >= 0.3 is 5.97 Å². The molecule has 1 atom stereocenters. The molecule has 0 spiro atoms. The molecule has 0 bridgehead atoms. The third-order valence-corrected chi connectivity index (χ3v) is 6.03. The van der Waals surface area contributed by atoms with Gasteiger partial charge in [-0.15, -0.1) is 0 Å². The largest absolute Gasteiger partial charge is 0.459 e. The first-order valence-electron chi connectivity index (χ1n) is 10.6. The maximum absolute atomic E-state index is 13.1. The summed E-state index contributed by atoms with van der Waals surface area (Å²) in [7, 11) is 0. The number of esters is 1. The number of carbonyl (C=O) groups is 1. The summed E-state index contributed by atoms with van der Waals surface area (Å²) in [6.45, 7) is 1.32. The van der Waals surface area contributed by atoms with E-state index in [-0.39, 0.29) is 12.2 Å². The smallest absolute Gasteiger partial charge is 0.344 e. The number of nitrogens with zero attached hydrogens (tertiary/aromatic N) is 3.